The van der Waals surface area contributed by atoms with E-state index in [1.165, 1.54) is 4.31 Å². The summed E-state index contributed by atoms with van der Waals surface area (Å²) in [5.74, 6) is -0.0999. The van der Waals surface area contributed by atoms with Gasteiger partial charge in [-0.15, -0.1) is 0 Å². The van der Waals surface area contributed by atoms with Crippen LogP contribution in [0.2, 0.25) is 0 Å². The van der Waals surface area contributed by atoms with Gasteiger partial charge in [-0.1, -0.05) is 0 Å². The second kappa shape index (κ2) is 5.98. The number of hydrogen-bond donors (Lipinski definition) is 0. The molecule has 3 heterocycles. The van der Waals surface area contributed by atoms with Gasteiger partial charge in [-0.25, -0.2) is 8.42 Å². The highest BCUT2D eigenvalue weighted by atomic mass is 32.2. The number of morpholine rings is 1. The predicted molar refractivity (Wildman–Crippen MR) is 78.6 cm³/mol. The molecule has 0 aromatic carbocycles. The lowest BCUT2D eigenvalue weighted by molar-refractivity contribution is -0.137. The van der Waals surface area contributed by atoms with Crippen LogP contribution >= 0.6 is 0 Å². The van der Waals surface area contributed by atoms with E-state index in [-0.39, 0.29) is 19.0 Å². The number of aromatic nitrogens is 2. The second-order valence-corrected chi connectivity index (χ2v) is 7.80. The maximum atomic E-state index is 12.4. The molecule has 0 saturated carbocycles. The third-order valence-electron chi connectivity index (χ3n) is 4.19. The molecule has 2 aliphatic rings. The fourth-order valence-corrected chi connectivity index (χ4v) is 4.52. The SMILES string of the molecule is C[C@@H](C(=O)N1CC(S(=O)(=O)N2CCOCC2)C1)n1cccn1. The predicted octanol–water partition coefficient (Wildman–Crippen LogP) is -0.683. The highest BCUT2D eigenvalue weighted by Gasteiger charge is 2.44. The van der Waals surface area contributed by atoms with Crippen molar-refractivity contribution in [2.75, 3.05) is 39.4 Å². The molecule has 2 saturated heterocycles. The van der Waals surface area contributed by atoms with Gasteiger partial charge in [-0.2, -0.15) is 9.40 Å². The average molecular weight is 328 g/mol. The molecule has 0 radical (unpaired) electrons. The quantitative estimate of drug-likeness (QED) is 0.731. The average Bonchev–Trinajstić information content (AvgIpc) is 2.99. The molecular weight excluding hydrogens is 308 g/mol. The zero-order valence-corrected chi connectivity index (χ0v) is 13.3. The Labute approximate surface area is 129 Å². The third kappa shape index (κ3) is 2.75. The summed E-state index contributed by atoms with van der Waals surface area (Å²) in [6, 6.07) is 1.34. The molecule has 2 fully saturated rings. The molecule has 0 unspecified atom stereocenters. The molecule has 122 valence electrons. The molecule has 1 aromatic heterocycles. The summed E-state index contributed by atoms with van der Waals surface area (Å²) in [4.78, 5) is 13.9. The normalized spacial score (nSPS) is 22.3. The minimum Gasteiger partial charge on any atom is -0.379 e. The lowest BCUT2D eigenvalue weighted by Gasteiger charge is -2.42. The summed E-state index contributed by atoms with van der Waals surface area (Å²) in [5, 5.41) is 3.55. The highest BCUT2D eigenvalue weighted by molar-refractivity contribution is 7.89. The molecule has 1 amide bonds. The topological polar surface area (TPSA) is 84.7 Å². The molecule has 2 aliphatic heterocycles. The lowest BCUT2D eigenvalue weighted by atomic mass is 10.1. The van der Waals surface area contributed by atoms with Crippen LogP contribution in [-0.2, 0) is 19.6 Å². The number of carbonyl (C=O) groups is 1. The number of nitrogens with zero attached hydrogens (tertiary/aromatic N) is 4. The largest absolute Gasteiger partial charge is 0.379 e. The van der Waals surface area contributed by atoms with E-state index in [1.807, 2.05) is 0 Å². The van der Waals surface area contributed by atoms with Crippen LogP contribution in [0.3, 0.4) is 0 Å². The van der Waals surface area contributed by atoms with Crippen molar-refractivity contribution in [2.24, 2.45) is 0 Å². The van der Waals surface area contributed by atoms with Gasteiger partial charge in [0.25, 0.3) is 0 Å². The number of likely N-dealkylation sites (tertiary alicyclic amines) is 1. The molecule has 1 aromatic rings. The van der Waals surface area contributed by atoms with E-state index in [0.717, 1.165) is 0 Å². The van der Waals surface area contributed by atoms with Crippen molar-refractivity contribution in [3.63, 3.8) is 0 Å². The van der Waals surface area contributed by atoms with E-state index in [9.17, 15) is 13.2 Å². The van der Waals surface area contributed by atoms with Crippen molar-refractivity contribution in [2.45, 2.75) is 18.2 Å². The third-order valence-corrected chi connectivity index (χ3v) is 6.42. The van der Waals surface area contributed by atoms with Crippen molar-refractivity contribution in [3.8, 4) is 0 Å². The molecule has 0 aliphatic carbocycles. The summed E-state index contributed by atoms with van der Waals surface area (Å²) in [7, 11) is -3.33. The van der Waals surface area contributed by atoms with E-state index < -0.39 is 21.3 Å². The second-order valence-electron chi connectivity index (χ2n) is 5.58. The minimum atomic E-state index is -3.33. The van der Waals surface area contributed by atoms with E-state index >= 15 is 0 Å². The minimum absolute atomic E-state index is 0.0999. The Balaban J connectivity index is 1.58. The smallest absolute Gasteiger partial charge is 0.247 e. The summed E-state index contributed by atoms with van der Waals surface area (Å²) in [6.07, 6.45) is 3.34. The summed E-state index contributed by atoms with van der Waals surface area (Å²) >= 11 is 0. The standard InChI is InChI=1S/C13H20N4O4S/c1-11(17-4-2-3-14-17)13(18)15-9-12(10-15)22(19,20)16-5-7-21-8-6-16/h2-4,11-12H,5-10H2,1H3/t11-/m0/s1. The van der Waals surface area contributed by atoms with E-state index in [0.29, 0.717) is 26.3 Å². The number of rotatable bonds is 4. The monoisotopic (exact) mass is 328 g/mol. The van der Waals surface area contributed by atoms with Gasteiger partial charge in [0.1, 0.15) is 11.3 Å². The first-order valence-corrected chi connectivity index (χ1v) is 8.85. The number of carbonyl (C=O) groups excluding carboxylic acids is 1. The van der Waals surface area contributed by atoms with Crippen molar-refractivity contribution >= 4 is 15.9 Å². The molecular formula is C13H20N4O4S. The van der Waals surface area contributed by atoms with Gasteiger partial charge in [0.15, 0.2) is 0 Å². The maximum absolute atomic E-state index is 12.4. The Kier molecular flexibility index (Phi) is 4.20. The van der Waals surface area contributed by atoms with Crippen LogP contribution < -0.4 is 0 Å². The highest BCUT2D eigenvalue weighted by Crippen LogP contribution is 2.23. The number of ether oxygens (including phenoxy) is 1. The van der Waals surface area contributed by atoms with Gasteiger partial charge in [0, 0.05) is 38.6 Å². The fraction of sp³-hybridized carbons (Fsp3) is 0.692. The fourth-order valence-electron chi connectivity index (χ4n) is 2.71. The molecule has 22 heavy (non-hydrogen) atoms. The van der Waals surface area contributed by atoms with Crippen LogP contribution in [0, 0.1) is 0 Å². The Morgan fingerprint density at radius 1 is 1.32 bits per heavy atom. The van der Waals surface area contributed by atoms with Crippen LogP contribution in [0.15, 0.2) is 18.5 Å². The lowest BCUT2D eigenvalue weighted by Crippen LogP contribution is -2.61. The first-order valence-electron chi connectivity index (χ1n) is 7.35. The molecule has 9 heteroatoms. The summed E-state index contributed by atoms with van der Waals surface area (Å²) in [6.45, 7) is 3.94. The molecule has 0 N–H and O–H groups in total. The first-order chi connectivity index (χ1) is 10.5. The number of amides is 1. The summed E-state index contributed by atoms with van der Waals surface area (Å²) < 4.78 is 33.1. The molecule has 0 bridgehead atoms. The Bertz CT molecular complexity index is 618. The number of hydrogen-bond acceptors (Lipinski definition) is 5. The molecule has 3 rings (SSSR count). The van der Waals surface area contributed by atoms with Crippen LogP contribution in [0.4, 0.5) is 0 Å². The Morgan fingerprint density at radius 2 is 2.00 bits per heavy atom. The van der Waals surface area contributed by atoms with Crippen LogP contribution in [0.5, 0.6) is 0 Å². The van der Waals surface area contributed by atoms with Crippen molar-refractivity contribution in [3.05, 3.63) is 18.5 Å². The van der Waals surface area contributed by atoms with Gasteiger partial charge >= 0.3 is 0 Å². The zero-order valence-electron chi connectivity index (χ0n) is 12.5. The van der Waals surface area contributed by atoms with E-state index in [2.05, 4.69) is 5.10 Å². The van der Waals surface area contributed by atoms with Crippen LogP contribution in [-0.4, -0.2) is 78.0 Å². The van der Waals surface area contributed by atoms with Crippen molar-refractivity contribution in [1.29, 1.82) is 0 Å². The van der Waals surface area contributed by atoms with Gasteiger partial charge in [0.2, 0.25) is 15.9 Å². The van der Waals surface area contributed by atoms with Crippen molar-refractivity contribution in [1.82, 2.24) is 19.0 Å². The van der Waals surface area contributed by atoms with Gasteiger partial charge in [0.05, 0.1) is 13.2 Å². The molecule has 0 spiro atoms. The van der Waals surface area contributed by atoms with Gasteiger partial charge in [-0.05, 0) is 13.0 Å². The molecule has 8 nitrogen and oxygen atoms in total. The van der Waals surface area contributed by atoms with E-state index in [4.69, 9.17) is 4.74 Å². The Morgan fingerprint density at radius 3 is 2.59 bits per heavy atom. The van der Waals surface area contributed by atoms with Crippen molar-refractivity contribution < 1.29 is 17.9 Å². The maximum Gasteiger partial charge on any atom is 0.247 e. The zero-order chi connectivity index (χ0) is 15.7. The Hall–Kier alpha value is -1.45. The van der Waals surface area contributed by atoms with Gasteiger partial charge < -0.3 is 9.64 Å². The summed E-state index contributed by atoms with van der Waals surface area (Å²) in [5.41, 5.74) is 0. The van der Waals surface area contributed by atoms with Crippen LogP contribution in [0.1, 0.15) is 13.0 Å². The number of sulfonamides is 1. The first kappa shape index (κ1) is 15.4. The van der Waals surface area contributed by atoms with Gasteiger partial charge in [-0.3, -0.25) is 9.48 Å². The van der Waals surface area contributed by atoms with E-state index in [1.54, 1.807) is 35.0 Å². The van der Waals surface area contributed by atoms with Crippen LogP contribution in [0.25, 0.3) is 0 Å². The molecule has 1 atom stereocenters.